The van der Waals surface area contributed by atoms with Gasteiger partial charge < -0.3 is 5.32 Å². The van der Waals surface area contributed by atoms with Gasteiger partial charge in [-0.2, -0.15) is 0 Å². The van der Waals surface area contributed by atoms with Crippen molar-refractivity contribution in [2.75, 3.05) is 19.6 Å². The Labute approximate surface area is 107 Å². The summed E-state index contributed by atoms with van der Waals surface area (Å²) in [6.07, 6.45) is 4.65. The van der Waals surface area contributed by atoms with Crippen LogP contribution in [-0.2, 0) is 0 Å². The van der Waals surface area contributed by atoms with E-state index in [-0.39, 0.29) is 5.54 Å². The zero-order valence-electron chi connectivity index (χ0n) is 12.3. The minimum Gasteiger partial charge on any atom is -0.312 e. The van der Waals surface area contributed by atoms with Gasteiger partial charge in [-0.15, -0.1) is 6.58 Å². The highest BCUT2D eigenvalue weighted by molar-refractivity contribution is 4.93. The Kier molecular flexibility index (Phi) is 4.79. The maximum absolute atomic E-state index is 3.88. The van der Waals surface area contributed by atoms with Crippen molar-refractivity contribution in [1.29, 1.82) is 0 Å². The molecule has 0 aliphatic carbocycles. The Morgan fingerprint density at radius 3 is 2.53 bits per heavy atom. The Bertz CT molecular complexity index is 250. The van der Waals surface area contributed by atoms with Crippen LogP contribution in [0, 0.1) is 5.41 Å². The summed E-state index contributed by atoms with van der Waals surface area (Å²) in [6.45, 7) is 18.8. The fourth-order valence-electron chi connectivity index (χ4n) is 2.58. The normalized spacial score (nSPS) is 24.9. The molecule has 0 aromatic heterocycles. The molecule has 0 aromatic carbocycles. The summed E-state index contributed by atoms with van der Waals surface area (Å²) in [7, 11) is 0. The molecule has 1 N–H and O–H groups in total. The predicted octanol–water partition coefficient (Wildman–Crippen LogP) is 3.05. The van der Waals surface area contributed by atoms with Gasteiger partial charge in [0, 0.05) is 24.7 Å². The maximum atomic E-state index is 3.88. The van der Waals surface area contributed by atoms with E-state index in [0.717, 1.165) is 13.1 Å². The van der Waals surface area contributed by atoms with Gasteiger partial charge in [-0.3, -0.25) is 4.90 Å². The molecular weight excluding hydrogens is 208 g/mol. The van der Waals surface area contributed by atoms with E-state index >= 15 is 0 Å². The van der Waals surface area contributed by atoms with E-state index in [9.17, 15) is 0 Å². The van der Waals surface area contributed by atoms with Crippen LogP contribution in [0.5, 0.6) is 0 Å². The fourth-order valence-corrected chi connectivity index (χ4v) is 2.58. The van der Waals surface area contributed by atoms with Crippen molar-refractivity contribution < 1.29 is 0 Å². The average molecular weight is 238 g/mol. The van der Waals surface area contributed by atoms with E-state index in [0.29, 0.717) is 11.5 Å². The Hall–Kier alpha value is -0.340. The largest absolute Gasteiger partial charge is 0.312 e. The summed E-state index contributed by atoms with van der Waals surface area (Å²) in [5, 5.41) is 3.69. The van der Waals surface area contributed by atoms with E-state index in [1.807, 2.05) is 6.08 Å². The Morgan fingerprint density at radius 1 is 1.41 bits per heavy atom. The van der Waals surface area contributed by atoms with Crippen molar-refractivity contribution in [3.8, 4) is 0 Å². The average Bonchev–Trinajstić information content (AvgIpc) is 2.18. The van der Waals surface area contributed by atoms with Crippen molar-refractivity contribution in [1.82, 2.24) is 10.2 Å². The van der Waals surface area contributed by atoms with Gasteiger partial charge in [0.25, 0.3) is 0 Å². The molecule has 0 saturated carbocycles. The number of rotatable bonds is 4. The Morgan fingerprint density at radius 2 is 2.06 bits per heavy atom. The second-order valence-corrected chi connectivity index (χ2v) is 6.96. The van der Waals surface area contributed by atoms with Crippen molar-refractivity contribution in [2.24, 2.45) is 5.41 Å². The van der Waals surface area contributed by atoms with Crippen molar-refractivity contribution >= 4 is 0 Å². The highest BCUT2D eigenvalue weighted by Gasteiger charge is 2.34. The number of nitrogens with zero attached hydrogens (tertiary/aromatic N) is 1. The summed E-state index contributed by atoms with van der Waals surface area (Å²) in [5.41, 5.74) is 0.617. The quantitative estimate of drug-likeness (QED) is 0.757. The number of hydrogen-bond acceptors (Lipinski definition) is 2. The summed E-state index contributed by atoms with van der Waals surface area (Å²) >= 11 is 0. The Balaban J connectivity index is 2.68. The predicted molar refractivity (Wildman–Crippen MR) is 76.3 cm³/mol. The van der Waals surface area contributed by atoms with Crippen LogP contribution in [0.4, 0.5) is 0 Å². The van der Waals surface area contributed by atoms with Crippen LogP contribution in [0.25, 0.3) is 0 Å². The molecule has 1 fully saturated rings. The third kappa shape index (κ3) is 4.11. The lowest BCUT2D eigenvalue weighted by Crippen LogP contribution is -2.56. The summed E-state index contributed by atoms with van der Waals surface area (Å²) < 4.78 is 0. The van der Waals surface area contributed by atoms with Crippen LogP contribution in [0.1, 0.15) is 47.5 Å². The summed E-state index contributed by atoms with van der Waals surface area (Å²) in [6, 6.07) is 0.593. The van der Waals surface area contributed by atoms with Crippen LogP contribution < -0.4 is 5.32 Å². The van der Waals surface area contributed by atoms with Gasteiger partial charge in [0.2, 0.25) is 0 Å². The number of piperidine rings is 1. The topological polar surface area (TPSA) is 15.3 Å². The van der Waals surface area contributed by atoms with Gasteiger partial charge in [0.15, 0.2) is 0 Å². The van der Waals surface area contributed by atoms with Gasteiger partial charge in [0.1, 0.15) is 0 Å². The zero-order valence-corrected chi connectivity index (χ0v) is 12.3. The standard InChI is InChI=1S/C15H30N2/c1-7-11-17(14(2,3)4)12-13-15(5,6)9-8-10-16-13/h7,13,16H,1,8-12H2,2-6H3. The molecule has 0 spiro atoms. The van der Waals surface area contributed by atoms with Crippen molar-refractivity contribution in [2.45, 2.75) is 59.0 Å². The lowest BCUT2D eigenvalue weighted by Gasteiger charge is -2.45. The molecule has 0 bridgehead atoms. The third-order valence-electron chi connectivity index (χ3n) is 4.03. The third-order valence-corrected chi connectivity index (χ3v) is 4.03. The zero-order chi connectivity index (χ0) is 13.1. The van der Waals surface area contributed by atoms with E-state index in [1.165, 1.54) is 19.4 Å². The number of nitrogens with one attached hydrogen (secondary N) is 1. The van der Waals surface area contributed by atoms with E-state index < -0.39 is 0 Å². The molecular formula is C15H30N2. The fraction of sp³-hybridized carbons (Fsp3) is 0.867. The molecule has 2 nitrogen and oxygen atoms in total. The van der Waals surface area contributed by atoms with Gasteiger partial charge in [0.05, 0.1) is 0 Å². The molecule has 0 aromatic rings. The van der Waals surface area contributed by atoms with Crippen molar-refractivity contribution in [3.05, 3.63) is 12.7 Å². The second kappa shape index (κ2) is 5.53. The molecule has 17 heavy (non-hydrogen) atoms. The van der Waals surface area contributed by atoms with Gasteiger partial charge >= 0.3 is 0 Å². The van der Waals surface area contributed by atoms with Crippen LogP contribution in [-0.4, -0.2) is 36.1 Å². The highest BCUT2D eigenvalue weighted by atomic mass is 15.2. The summed E-state index contributed by atoms with van der Waals surface area (Å²) in [5.74, 6) is 0. The number of hydrogen-bond donors (Lipinski definition) is 1. The molecule has 2 heteroatoms. The lowest BCUT2D eigenvalue weighted by atomic mass is 9.77. The lowest BCUT2D eigenvalue weighted by molar-refractivity contribution is 0.0818. The van der Waals surface area contributed by atoms with Crippen LogP contribution in [0.2, 0.25) is 0 Å². The molecule has 1 atom stereocenters. The molecule has 0 radical (unpaired) electrons. The summed E-state index contributed by atoms with van der Waals surface area (Å²) in [4.78, 5) is 2.52. The first kappa shape index (κ1) is 14.7. The van der Waals surface area contributed by atoms with Gasteiger partial charge in [-0.05, 0) is 45.6 Å². The van der Waals surface area contributed by atoms with Crippen LogP contribution >= 0.6 is 0 Å². The van der Waals surface area contributed by atoms with Crippen LogP contribution in [0.3, 0.4) is 0 Å². The van der Waals surface area contributed by atoms with E-state index in [2.05, 4.69) is 51.4 Å². The SMILES string of the molecule is C=CCN(CC1NCCCC1(C)C)C(C)(C)C. The van der Waals surface area contributed by atoms with Crippen LogP contribution in [0.15, 0.2) is 12.7 Å². The first-order valence-electron chi connectivity index (χ1n) is 6.87. The van der Waals surface area contributed by atoms with Gasteiger partial charge in [-0.1, -0.05) is 19.9 Å². The smallest absolute Gasteiger partial charge is 0.0246 e. The molecule has 1 unspecified atom stereocenters. The molecule has 100 valence electrons. The minimum atomic E-state index is 0.212. The molecule has 1 rings (SSSR count). The van der Waals surface area contributed by atoms with E-state index in [1.54, 1.807) is 0 Å². The molecule has 0 amide bonds. The first-order chi connectivity index (χ1) is 7.77. The molecule has 1 aliphatic rings. The molecule has 1 heterocycles. The molecule has 1 aliphatic heterocycles. The first-order valence-corrected chi connectivity index (χ1v) is 6.87. The van der Waals surface area contributed by atoms with Gasteiger partial charge in [-0.25, -0.2) is 0 Å². The maximum Gasteiger partial charge on any atom is 0.0246 e. The second-order valence-electron chi connectivity index (χ2n) is 6.96. The van der Waals surface area contributed by atoms with E-state index in [4.69, 9.17) is 0 Å². The molecule has 1 saturated heterocycles. The minimum absolute atomic E-state index is 0.212. The van der Waals surface area contributed by atoms with Crippen molar-refractivity contribution in [3.63, 3.8) is 0 Å². The monoisotopic (exact) mass is 238 g/mol. The highest BCUT2D eigenvalue weighted by Crippen LogP contribution is 2.31.